The minimum Gasteiger partial charge on any atom is -0.459 e. The van der Waals surface area contributed by atoms with Crippen LogP contribution in [0, 0.1) is 10.1 Å². The summed E-state index contributed by atoms with van der Waals surface area (Å²) in [5, 5.41) is 15.3. The maximum Gasteiger partial charge on any atom is 0.280 e. The maximum absolute atomic E-state index is 11.4. The first-order chi connectivity index (χ1) is 13.6. The third kappa shape index (κ3) is 3.11. The van der Waals surface area contributed by atoms with Crippen LogP contribution in [-0.2, 0) is 0 Å². The lowest BCUT2D eigenvalue weighted by Gasteiger charge is -2.24. The minimum absolute atomic E-state index is 0.0112. The molecule has 3 aromatic rings. The van der Waals surface area contributed by atoms with Crippen LogP contribution < -0.4 is 5.32 Å². The molecule has 0 radical (unpaired) electrons. The topological polar surface area (TPSA) is 84.4 Å². The molecule has 0 unspecified atom stereocenters. The van der Waals surface area contributed by atoms with Crippen molar-refractivity contribution in [2.45, 2.75) is 19.0 Å². The molecule has 8 heteroatoms. The molecule has 3 heterocycles. The molecular weight excluding hydrogens is 376 g/mol. The predicted octanol–water partition coefficient (Wildman–Crippen LogP) is 4.24. The van der Waals surface area contributed by atoms with E-state index in [-0.39, 0.29) is 17.8 Å². The molecule has 1 aliphatic heterocycles. The van der Waals surface area contributed by atoms with Gasteiger partial charge in [0.1, 0.15) is 17.6 Å². The molecule has 1 aromatic carbocycles. The zero-order valence-electron chi connectivity index (χ0n) is 15.1. The number of likely N-dealkylation sites (N-methyl/N-ethyl adjacent to an activating group) is 1. The fraction of sp³-hybridized carbons (Fsp3) is 0.200. The number of hydrogen-bond acceptors (Lipinski definition) is 5. The number of thiocarbonyl (C=S) groups is 1. The van der Waals surface area contributed by atoms with Crippen LogP contribution in [-0.4, -0.2) is 26.5 Å². The molecule has 7 nitrogen and oxygen atoms in total. The smallest absolute Gasteiger partial charge is 0.280 e. The number of benzene rings is 1. The van der Waals surface area contributed by atoms with E-state index in [0.717, 1.165) is 5.69 Å². The van der Waals surface area contributed by atoms with E-state index in [1.807, 2.05) is 36.1 Å². The van der Waals surface area contributed by atoms with Crippen molar-refractivity contribution in [1.29, 1.82) is 0 Å². The molecule has 1 fully saturated rings. The number of nitro benzene ring substituents is 1. The highest BCUT2D eigenvalue weighted by Crippen LogP contribution is 2.41. The van der Waals surface area contributed by atoms with E-state index in [2.05, 4.69) is 10.3 Å². The SMILES string of the molecule is CCN1C(=S)N[C@@H](c2ccccn2)[C@@H]1c1ccc(-c2ccccc2[N+](=O)[O-])o1. The second-order valence-electron chi connectivity index (χ2n) is 6.39. The summed E-state index contributed by atoms with van der Waals surface area (Å²) in [6.45, 7) is 2.72. The van der Waals surface area contributed by atoms with E-state index in [1.165, 1.54) is 6.07 Å². The normalized spacial score (nSPS) is 18.9. The van der Waals surface area contributed by atoms with Gasteiger partial charge in [0.05, 0.1) is 22.2 Å². The quantitative estimate of drug-likeness (QED) is 0.393. The molecule has 1 N–H and O–H groups in total. The monoisotopic (exact) mass is 394 g/mol. The lowest BCUT2D eigenvalue weighted by atomic mass is 10.0. The highest BCUT2D eigenvalue weighted by molar-refractivity contribution is 7.80. The van der Waals surface area contributed by atoms with Crippen molar-refractivity contribution in [2.75, 3.05) is 6.54 Å². The number of para-hydroxylation sites is 1. The van der Waals surface area contributed by atoms with E-state index < -0.39 is 4.92 Å². The Balaban J connectivity index is 1.75. The van der Waals surface area contributed by atoms with E-state index in [9.17, 15) is 10.1 Å². The molecule has 0 spiro atoms. The highest BCUT2D eigenvalue weighted by atomic mass is 32.1. The van der Waals surface area contributed by atoms with Gasteiger partial charge in [0.2, 0.25) is 0 Å². The predicted molar refractivity (Wildman–Crippen MR) is 109 cm³/mol. The van der Waals surface area contributed by atoms with Crippen molar-refractivity contribution >= 4 is 23.0 Å². The second kappa shape index (κ2) is 7.40. The van der Waals surface area contributed by atoms with Crippen LogP contribution in [0.15, 0.2) is 65.2 Å². The van der Waals surface area contributed by atoms with Crippen LogP contribution in [0.25, 0.3) is 11.3 Å². The van der Waals surface area contributed by atoms with E-state index in [0.29, 0.717) is 28.7 Å². The Bertz CT molecular complexity index is 1020. The molecular formula is C20H18N4O3S. The van der Waals surface area contributed by atoms with Gasteiger partial charge in [-0.2, -0.15) is 0 Å². The Kier molecular flexibility index (Phi) is 4.79. The van der Waals surface area contributed by atoms with Gasteiger partial charge < -0.3 is 14.6 Å². The Hall–Kier alpha value is -3.26. The molecule has 1 aliphatic rings. The molecule has 2 aromatic heterocycles. The molecule has 0 amide bonds. The minimum atomic E-state index is -0.404. The molecule has 2 atom stereocenters. The Morgan fingerprint density at radius 2 is 2.00 bits per heavy atom. The highest BCUT2D eigenvalue weighted by Gasteiger charge is 2.41. The second-order valence-corrected chi connectivity index (χ2v) is 6.78. The molecule has 0 aliphatic carbocycles. The lowest BCUT2D eigenvalue weighted by Crippen LogP contribution is -2.29. The largest absolute Gasteiger partial charge is 0.459 e. The van der Waals surface area contributed by atoms with Gasteiger partial charge in [-0.3, -0.25) is 15.1 Å². The Labute approximate surface area is 167 Å². The van der Waals surface area contributed by atoms with Gasteiger partial charge in [0, 0.05) is 18.8 Å². The third-order valence-corrected chi connectivity index (χ3v) is 5.18. The first kappa shape index (κ1) is 18.1. The van der Waals surface area contributed by atoms with Gasteiger partial charge in [-0.05, 0) is 49.5 Å². The van der Waals surface area contributed by atoms with Crippen molar-refractivity contribution in [2.24, 2.45) is 0 Å². The van der Waals surface area contributed by atoms with Crippen LogP contribution in [0.3, 0.4) is 0 Å². The fourth-order valence-corrected chi connectivity index (χ4v) is 3.92. The zero-order valence-corrected chi connectivity index (χ0v) is 15.9. The van der Waals surface area contributed by atoms with Crippen molar-refractivity contribution in [3.05, 3.63) is 82.4 Å². The zero-order chi connectivity index (χ0) is 19.7. The van der Waals surface area contributed by atoms with E-state index in [1.54, 1.807) is 30.5 Å². The van der Waals surface area contributed by atoms with Crippen LogP contribution in [0.5, 0.6) is 0 Å². The van der Waals surface area contributed by atoms with Crippen molar-refractivity contribution in [1.82, 2.24) is 15.2 Å². The number of rotatable bonds is 5. The summed E-state index contributed by atoms with van der Waals surface area (Å²) < 4.78 is 6.10. The third-order valence-electron chi connectivity index (χ3n) is 4.82. The first-order valence-electron chi connectivity index (χ1n) is 8.91. The summed E-state index contributed by atoms with van der Waals surface area (Å²) in [6, 6.07) is 15.5. The van der Waals surface area contributed by atoms with Crippen molar-refractivity contribution in [3.8, 4) is 11.3 Å². The number of hydrogen-bond donors (Lipinski definition) is 1. The lowest BCUT2D eigenvalue weighted by molar-refractivity contribution is -0.384. The van der Waals surface area contributed by atoms with Crippen LogP contribution in [0.1, 0.15) is 30.5 Å². The summed E-state index contributed by atoms with van der Waals surface area (Å²) in [5.41, 5.74) is 1.32. The summed E-state index contributed by atoms with van der Waals surface area (Å²) in [7, 11) is 0. The fourth-order valence-electron chi connectivity index (χ4n) is 3.55. The van der Waals surface area contributed by atoms with Gasteiger partial charge in [0.25, 0.3) is 5.69 Å². The number of furan rings is 1. The Morgan fingerprint density at radius 3 is 2.71 bits per heavy atom. The summed E-state index contributed by atoms with van der Waals surface area (Å²) in [6.07, 6.45) is 1.74. The molecule has 0 bridgehead atoms. The maximum atomic E-state index is 11.4. The molecule has 4 rings (SSSR count). The molecule has 142 valence electrons. The van der Waals surface area contributed by atoms with Gasteiger partial charge in [-0.15, -0.1) is 0 Å². The summed E-state index contributed by atoms with van der Waals surface area (Å²) >= 11 is 5.51. The van der Waals surface area contributed by atoms with Crippen LogP contribution in [0.2, 0.25) is 0 Å². The first-order valence-corrected chi connectivity index (χ1v) is 9.32. The van der Waals surface area contributed by atoms with Gasteiger partial charge in [0.15, 0.2) is 5.11 Å². The number of nitrogens with one attached hydrogen (secondary N) is 1. The van der Waals surface area contributed by atoms with E-state index >= 15 is 0 Å². The average Bonchev–Trinajstić information content (AvgIpc) is 3.32. The van der Waals surface area contributed by atoms with Gasteiger partial charge >= 0.3 is 0 Å². The van der Waals surface area contributed by atoms with Crippen LogP contribution >= 0.6 is 12.2 Å². The van der Waals surface area contributed by atoms with Gasteiger partial charge in [-0.1, -0.05) is 18.2 Å². The average molecular weight is 394 g/mol. The number of pyridine rings is 1. The Morgan fingerprint density at radius 1 is 1.21 bits per heavy atom. The van der Waals surface area contributed by atoms with Crippen molar-refractivity contribution in [3.63, 3.8) is 0 Å². The number of nitro groups is 1. The van der Waals surface area contributed by atoms with Gasteiger partial charge in [-0.25, -0.2) is 0 Å². The molecule has 28 heavy (non-hydrogen) atoms. The molecule has 1 saturated heterocycles. The number of nitrogens with zero attached hydrogens (tertiary/aromatic N) is 3. The molecule has 0 saturated carbocycles. The standard InChI is InChI=1S/C20H18N4O3S/c1-2-23-19(18(22-20(23)28)14-8-5-6-12-21-14)17-11-10-16(27-17)13-7-3-4-9-15(13)24(25)26/h3-12,18-19H,2H2,1H3,(H,22,28)/t18-,19-/m0/s1. The number of aromatic nitrogens is 1. The summed E-state index contributed by atoms with van der Waals surface area (Å²) in [4.78, 5) is 17.5. The van der Waals surface area contributed by atoms with E-state index in [4.69, 9.17) is 16.6 Å². The van der Waals surface area contributed by atoms with Crippen LogP contribution in [0.4, 0.5) is 5.69 Å². The van der Waals surface area contributed by atoms with Crippen molar-refractivity contribution < 1.29 is 9.34 Å². The summed E-state index contributed by atoms with van der Waals surface area (Å²) in [5.74, 6) is 1.13.